The Morgan fingerprint density at radius 1 is 1.05 bits per heavy atom. The molecule has 1 N–H and O–H groups in total. The minimum absolute atomic E-state index is 0.0260. The minimum Gasteiger partial charge on any atom is -0.418 e. The van der Waals surface area contributed by atoms with Gasteiger partial charge in [0.25, 0.3) is 5.79 Å². The molecule has 0 bridgehead atoms. The Labute approximate surface area is 132 Å². The molecular weight excluding hydrogens is 387 g/mol. The molecule has 1 spiro atoms. The van der Waals surface area contributed by atoms with E-state index in [2.05, 4.69) is 0 Å². The number of aliphatic hydroxyl groups is 1. The zero-order chi connectivity index (χ0) is 14.9. The summed E-state index contributed by atoms with van der Waals surface area (Å²) in [5.74, 6) is -2.04. The fourth-order valence-electron chi connectivity index (χ4n) is 2.49. The molecule has 2 fully saturated rings. The third-order valence-corrected chi connectivity index (χ3v) is 6.34. The highest BCUT2D eigenvalue weighted by Gasteiger charge is 2.48. The maximum atomic E-state index is 12.1. The lowest BCUT2D eigenvalue weighted by Crippen LogP contribution is -2.48. The number of aliphatic hydroxyl groups excluding tert-OH is 1. The van der Waals surface area contributed by atoms with Crippen LogP contribution in [-0.4, -0.2) is 26.3 Å². The molecule has 0 unspecified atom stereocenters. The van der Waals surface area contributed by atoms with Crippen molar-refractivity contribution >= 4 is 36.2 Å². The molecule has 0 radical (unpaired) electrons. The highest BCUT2D eigenvalue weighted by molar-refractivity contribution is 14.2. The van der Waals surface area contributed by atoms with Crippen LogP contribution in [0, 0.1) is 3.57 Å². The maximum absolute atomic E-state index is 12.1. The lowest BCUT2D eigenvalue weighted by atomic mass is 10.2. The number of hydrogen-bond acceptors (Lipinski definition) is 5. The zero-order valence-corrected chi connectivity index (χ0v) is 13.5. The Morgan fingerprint density at radius 2 is 1.62 bits per heavy atom. The van der Waals surface area contributed by atoms with Gasteiger partial charge in [0.2, 0.25) is 0 Å². The summed E-state index contributed by atoms with van der Waals surface area (Å²) in [4.78, 5) is 24.2. The van der Waals surface area contributed by atoms with Crippen LogP contribution in [0.1, 0.15) is 31.2 Å². The molecule has 1 saturated heterocycles. The van der Waals surface area contributed by atoms with Gasteiger partial charge in [0.05, 0.1) is 6.61 Å². The Balaban J connectivity index is 1.83. The third kappa shape index (κ3) is 3.01. The summed E-state index contributed by atoms with van der Waals surface area (Å²) < 4.78 is 11.9. The first kappa shape index (κ1) is 14.6. The van der Waals surface area contributed by atoms with Crippen LogP contribution < -0.4 is 0 Å². The number of halogens is 1. The van der Waals surface area contributed by atoms with Gasteiger partial charge in [-0.2, -0.15) is 0 Å². The molecule has 0 atom stereocenters. The third-order valence-electron chi connectivity index (χ3n) is 3.58. The van der Waals surface area contributed by atoms with Crippen LogP contribution >= 0.6 is 20.7 Å². The molecule has 5 nitrogen and oxygen atoms in total. The summed E-state index contributed by atoms with van der Waals surface area (Å²) >= 11 is -0.939. The van der Waals surface area contributed by atoms with Gasteiger partial charge in [-0.1, -0.05) is 32.9 Å². The summed E-state index contributed by atoms with van der Waals surface area (Å²) in [6.45, 7) is -0.0260. The molecule has 1 aromatic carbocycles. The van der Waals surface area contributed by atoms with E-state index < -0.39 is 38.5 Å². The second-order valence-electron chi connectivity index (χ2n) is 5.09. The summed E-state index contributed by atoms with van der Waals surface area (Å²) in [6.07, 6.45) is 3.02. The zero-order valence-electron chi connectivity index (χ0n) is 11.3. The lowest BCUT2D eigenvalue weighted by molar-refractivity contribution is -0.224. The van der Waals surface area contributed by atoms with Crippen molar-refractivity contribution in [3.8, 4) is 0 Å². The SMILES string of the molecule is O=C1OC2(CCCC2)OC(=O)C1=Ic1ccc(CO)cc1. The van der Waals surface area contributed by atoms with Gasteiger partial charge in [-0.15, -0.1) is 0 Å². The van der Waals surface area contributed by atoms with Crippen molar-refractivity contribution in [2.24, 2.45) is 0 Å². The monoisotopic (exact) mass is 402 g/mol. The second kappa shape index (κ2) is 5.84. The van der Waals surface area contributed by atoms with E-state index in [1.165, 1.54) is 0 Å². The smallest absolute Gasteiger partial charge is 0.354 e. The fourth-order valence-corrected chi connectivity index (χ4v) is 4.49. The molecule has 1 aliphatic heterocycles. The van der Waals surface area contributed by atoms with E-state index in [1.54, 1.807) is 12.1 Å². The first-order valence-electron chi connectivity index (χ1n) is 6.80. The summed E-state index contributed by atoms with van der Waals surface area (Å²) in [6, 6.07) is 7.22. The van der Waals surface area contributed by atoms with Gasteiger partial charge < -0.3 is 14.6 Å². The number of hydrogen-bond donors (Lipinski definition) is 1. The summed E-state index contributed by atoms with van der Waals surface area (Å²) in [5, 5.41) is 9.01. The van der Waals surface area contributed by atoms with Gasteiger partial charge in [0.1, 0.15) is 0 Å². The highest BCUT2D eigenvalue weighted by Crippen LogP contribution is 2.37. The molecule has 1 heterocycles. The van der Waals surface area contributed by atoms with Crippen molar-refractivity contribution < 1.29 is 24.2 Å². The van der Waals surface area contributed by atoms with Crippen molar-refractivity contribution in [3.63, 3.8) is 0 Å². The second-order valence-corrected chi connectivity index (χ2v) is 7.95. The number of ether oxygens (including phenoxy) is 2. The summed E-state index contributed by atoms with van der Waals surface area (Å²) in [7, 11) is 0. The van der Waals surface area contributed by atoms with E-state index in [4.69, 9.17) is 14.6 Å². The fraction of sp³-hybridized carbons (Fsp3) is 0.400. The number of esters is 2. The van der Waals surface area contributed by atoms with Crippen LogP contribution in [0.25, 0.3) is 0 Å². The van der Waals surface area contributed by atoms with Gasteiger partial charge >= 0.3 is 11.9 Å². The van der Waals surface area contributed by atoms with E-state index in [1.807, 2.05) is 12.1 Å². The van der Waals surface area contributed by atoms with E-state index >= 15 is 0 Å². The maximum Gasteiger partial charge on any atom is 0.354 e. The van der Waals surface area contributed by atoms with E-state index in [0.717, 1.165) is 22.0 Å². The minimum atomic E-state index is -0.998. The largest absolute Gasteiger partial charge is 0.418 e. The molecule has 112 valence electrons. The van der Waals surface area contributed by atoms with Crippen LogP contribution in [0.3, 0.4) is 0 Å². The molecule has 0 amide bonds. The molecular formula is C15H15IO5. The normalized spacial score (nSPS) is 20.5. The lowest BCUT2D eigenvalue weighted by Gasteiger charge is -2.32. The number of carbonyl (C=O) groups is 2. The highest BCUT2D eigenvalue weighted by atomic mass is 127. The summed E-state index contributed by atoms with van der Waals surface area (Å²) in [5.41, 5.74) is 0.798. The number of carbonyl (C=O) groups excluding carboxylic acids is 2. The van der Waals surface area contributed by atoms with Crippen LogP contribution in [0.2, 0.25) is 0 Å². The topological polar surface area (TPSA) is 72.8 Å². The van der Waals surface area contributed by atoms with Crippen LogP contribution in [0.5, 0.6) is 0 Å². The molecule has 1 aliphatic carbocycles. The molecule has 3 rings (SSSR count). The van der Waals surface area contributed by atoms with Crippen molar-refractivity contribution in [3.05, 3.63) is 33.4 Å². The Kier molecular flexibility index (Phi) is 4.08. The molecule has 1 aromatic rings. The first-order valence-corrected chi connectivity index (χ1v) is 8.96. The van der Waals surface area contributed by atoms with E-state index in [9.17, 15) is 9.59 Å². The number of rotatable bonds is 2. The molecule has 0 aromatic heterocycles. The predicted octanol–water partition coefficient (Wildman–Crippen LogP) is 1.86. The van der Waals surface area contributed by atoms with E-state index in [0.29, 0.717) is 12.8 Å². The van der Waals surface area contributed by atoms with Gasteiger partial charge in [-0.25, -0.2) is 9.59 Å². The van der Waals surface area contributed by atoms with Crippen LogP contribution in [-0.2, 0) is 25.7 Å². The van der Waals surface area contributed by atoms with Crippen molar-refractivity contribution in [2.75, 3.05) is 0 Å². The standard InChI is InChI=1S/C15H15IO5/c17-9-10-3-5-11(6-4-10)16-12-13(18)20-15(21-14(12)19)7-1-2-8-15/h3-6,17H,1-2,7-9H2. The Morgan fingerprint density at radius 3 is 2.14 bits per heavy atom. The average Bonchev–Trinajstić information content (AvgIpc) is 2.91. The van der Waals surface area contributed by atoms with Crippen molar-refractivity contribution in [2.45, 2.75) is 38.1 Å². The molecule has 2 aliphatic rings. The van der Waals surface area contributed by atoms with Gasteiger partial charge in [-0.05, 0) is 30.5 Å². The quantitative estimate of drug-likeness (QED) is 0.604. The van der Waals surface area contributed by atoms with Gasteiger partial charge in [0, 0.05) is 16.4 Å². The van der Waals surface area contributed by atoms with E-state index in [-0.39, 0.29) is 10.1 Å². The van der Waals surface area contributed by atoms with Gasteiger partial charge in [-0.3, -0.25) is 0 Å². The number of benzene rings is 1. The molecule has 1 saturated carbocycles. The first-order chi connectivity index (χ1) is 10.1. The Hall–Kier alpha value is -1.28. The predicted molar refractivity (Wildman–Crippen MR) is 83.5 cm³/mol. The van der Waals surface area contributed by atoms with Crippen molar-refractivity contribution in [1.82, 2.24) is 0 Å². The van der Waals surface area contributed by atoms with Gasteiger partial charge in [0.15, 0.2) is 3.51 Å². The van der Waals surface area contributed by atoms with Crippen LogP contribution in [0.15, 0.2) is 24.3 Å². The Bertz CT molecular complexity index is 577. The van der Waals surface area contributed by atoms with Crippen molar-refractivity contribution in [1.29, 1.82) is 0 Å². The molecule has 21 heavy (non-hydrogen) atoms. The average molecular weight is 402 g/mol. The molecule has 6 heteroatoms. The van der Waals surface area contributed by atoms with Crippen LogP contribution in [0.4, 0.5) is 0 Å².